The van der Waals surface area contributed by atoms with Crippen LogP contribution >= 0.6 is 35.1 Å². The van der Waals surface area contributed by atoms with Crippen molar-refractivity contribution < 1.29 is 9.84 Å². The summed E-state index contributed by atoms with van der Waals surface area (Å²) in [6.45, 7) is 2.59. The molecule has 0 aromatic heterocycles. The van der Waals surface area contributed by atoms with Crippen LogP contribution in [0, 0.1) is 5.41 Å². The van der Waals surface area contributed by atoms with Gasteiger partial charge in [-0.1, -0.05) is 53.5 Å². The molecule has 1 atom stereocenters. The van der Waals surface area contributed by atoms with E-state index in [0.29, 0.717) is 16.0 Å². The molecule has 0 radical (unpaired) electrons. The summed E-state index contributed by atoms with van der Waals surface area (Å²) >= 11 is 13.7. The van der Waals surface area contributed by atoms with Gasteiger partial charge in [0, 0.05) is 30.2 Å². The van der Waals surface area contributed by atoms with E-state index in [9.17, 15) is 5.11 Å². The average molecular weight is 396 g/mol. The minimum Gasteiger partial charge on any atom is -0.505 e. The molecule has 6 heteroatoms. The average Bonchev–Trinajstić information content (AvgIpc) is 2.60. The third kappa shape index (κ3) is 3.26. The Morgan fingerprint density at radius 2 is 1.84 bits per heavy atom. The number of aromatic hydroxyl groups is 1. The lowest BCUT2D eigenvalue weighted by molar-refractivity contribution is -0.0910. The van der Waals surface area contributed by atoms with E-state index in [-0.39, 0.29) is 16.2 Å². The van der Waals surface area contributed by atoms with E-state index in [2.05, 4.69) is 28.6 Å². The number of phenols is 1. The summed E-state index contributed by atoms with van der Waals surface area (Å²) in [7, 11) is 0. The second kappa shape index (κ2) is 7.01. The van der Waals surface area contributed by atoms with Crippen LogP contribution in [-0.2, 0) is 4.74 Å². The third-order valence-corrected chi connectivity index (χ3v) is 6.74. The first-order chi connectivity index (χ1) is 12.1. The lowest BCUT2D eigenvalue weighted by atomic mass is 9.65. The molecule has 1 unspecified atom stereocenters. The van der Waals surface area contributed by atoms with Crippen LogP contribution in [0.2, 0.25) is 10.0 Å². The van der Waals surface area contributed by atoms with Crippen LogP contribution < -0.4 is 0 Å². The molecule has 2 heterocycles. The van der Waals surface area contributed by atoms with Crippen molar-refractivity contribution >= 4 is 35.1 Å². The number of benzene rings is 2. The molecule has 3 nitrogen and oxygen atoms in total. The zero-order chi connectivity index (χ0) is 17.4. The molecule has 2 fully saturated rings. The number of hydrogen-bond donors (Lipinski definition) is 1. The molecular formula is C19H19Cl2NO2S. The Balaban J connectivity index is 1.64. The monoisotopic (exact) mass is 395 g/mol. The lowest BCUT2D eigenvalue weighted by Gasteiger charge is -2.58. The molecule has 2 aromatic carbocycles. The van der Waals surface area contributed by atoms with Crippen LogP contribution in [0.3, 0.4) is 0 Å². The van der Waals surface area contributed by atoms with Gasteiger partial charge in [0.25, 0.3) is 0 Å². The molecule has 0 aliphatic carbocycles. The van der Waals surface area contributed by atoms with E-state index < -0.39 is 0 Å². The number of halogens is 2. The summed E-state index contributed by atoms with van der Waals surface area (Å²) in [5.74, 6) is 0.0933. The molecule has 25 heavy (non-hydrogen) atoms. The smallest absolute Gasteiger partial charge is 0.149 e. The molecular weight excluding hydrogens is 377 g/mol. The van der Waals surface area contributed by atoms with Crippen LogP contribution in [-0.4, -0.2) is 29.2 Å². The van der Waals surface area contributed by atoms with Gasteiger partial charge < -0.3 is 9.84 Å². The topological polar surface area (TPSA) is 32.7 Å². The van der Waals surface area contributed by atoms with Crippen LogP contribution in [0.15, 0.2) is 47.4 Å². The summed E-state index contributed by atoms with van der Waals surface area (Å²) in [5.41, 5.74) is 1.54. The van der Waals surface area contributed by atoms with Crippen molar-refractivity contribution in [3.05, 3.63) is 58.1 Å². The van der Waals surface area contributed by atoms with Crippen molar-refractivity contribution in [1.29, 1.82) is 0 Å². The Morgan fingerprint density at radius 1 is 1.12 bits per heavy atom. The van der Waals surface area contributed by atoms with Crippen molar-refractivity contribution in [3.63, 3.8) is 0 Å². The maximum Gasteiger partial charge on any atom is 0.149 e. The van der Waals surface area contributed by atoms with Gasteiger partial charge in [-0.15, -0.1) is 0 Å². The predicted octanol–water partition coefficient (Wildman–Crippen LogP) is 5.56. The van der Waals surface area contributed by atoms with Crippen molar-refractivity contribution in [2.75, 3.05) is 19.8 Å². The van der Waals surface area contributed by atoms with Crippen LogP contribution in [0.1, 0.15) is 24.4 Å². The van der Waals surface area contributed by atoms with E-state index in [1.807, 2.05) is 6.07 Å². The maximum absolute atomic E-state index is 10.3. The molecule has 2 aliphatic heterocycles. The SMILES string of the molecule is Oc1c(Cl)cc(Cl)cc1SN1CC2(CCOCC2)C1c1ccccc1. The number of ether oxygens (including phenoxy) is 1. The van der Waals surface area contributed by atoms with Gasteiger partial charge in [0.05, 0.1) is 16.0 Å². The van der Waals surface area contributed by atoms with Crippen molar-refractivity contribution in [3.8, 4) is 5.75 Å². The Kier molecular flexibility index (Phi) is 4.91. The van der Waals surface area contributed by atoms with Crippen molar-refractivity contribution in [2.45, 2.75) is 23.8 Å². The molecule has 2 aromatic rings. The van der Waals surface area contributed by atoms with Gasteiger partial charge in [0.15, 0.2) is 0 Å². The molecule has 1 spiro atoms. The fraction of sp³-hybridized carbons (Fsp3) is 0.368. The first-order valence-corrected chi connectivity index (χ1v) is 9.87. The highest BCUT2D eigenvalue weighted by molar-refractivity contribution is 7.97. The number of hydrogen-bond acceptors (Lipinski definition) is 4. The highest BCUT2D eigenvalue weighted by Gasteiger charge is 2.54. The van der Waals surface area contributed by atoms with E-state index in [0.717, 1.165) is 32.6 Å². The minimum atomic E-state index is 0.0933. The van der Waals surface area contributed by atoms with Crippen LogP contribution in [0.4, 0.5) is 0 Å². The Labute approximate surface area is 162 Å². The zero-order valence-electron chi connectivity index (χ0n) is 13.6. The lowest BCUT2D eigenvalue weighted by Crippen LogP contribution is -2.57. The van der Waals surface area contributed by atoms with E-state index in [1.165, 1.54) is 17.5 Å². The fourth-order valence-corrected chi connectivity index (χ4v) is 5.88. The second-order valence-corrected chi connectivity index (χ2v) is 8.62. The van der Waals surface area contributed by atoms with Crippen LogP contribution in [0.25, 0.3) is 0 Å². The van der Waals surface area contributed by atoms with Gasteiger partial charge in [-0.2, -0.15) is 0 Å². The summed E-state index contributed by atoms with van der Waals surface area (Å²) in [6.07, 6.45) is 2.12. The Bertz CT molecular complexity index is 766. The summed E-state index contributed by atoms with van der Waals surface area (Å²) in [5, 5.41) is 11.1. The molecule has 4 rings (SSSR count). The second-order valence-electron chi connectivity index (χ2n) is 6.69. The van der Waals surface area contributed by atoms with Crippen molar-refractivity contribution in [1.82, 2.24) is 4.31 Å². The van der Waals surface area contributed by atoms with Crippen LogP contribution in [0.5, 0.6) is 5.75 Å². The van der Waals surface area contributed by atoms with Gasteiger partial charge >= 0.3 is 0 Å². The summed E-state index contributed by atoms with van der Waals surface area (Å²) in [4.78, 5) is 0.695. The predicted molar refractivity (Wildman–Crippen MR) is 102 cm³/mol. The fourth-order valence-electron chi connectivity index (χ4n) is 3.87. The van der Waals surface area contributed by atoms with Gasteiger partial charge in [-0.25, -0.2) is 4.31 Å². The summed E-state index contributed by atoms with van der Waals surface area (Å²) < 4.78 is 7.91. The molecule has 2 aliphatic rings. The zero-order valence-corrected chi connectivity index (χ0v) is 15.9. The largest absolute Gasteiger partial charge is 0.505 e. The first-order valence-electron chi connectivity index (χ1n) is 8.34. The van der Waals surface area contributed by atoms with Gasteiger partial charge in [-0.3, -0.25) is 0 Å². The molecule has 132 valence electrons. The van der Waals surface area contributed by atoms with Crippen molar-refractivity contribution in [2.24, 2.45) is 5.41 Å². The summed E-state index contributed by atoms with van der Waals surface area (Å²) in [6, 6.07) is 14.2. The maximum atomic E-state index is 10.3. The quantitative estimate of drug-likeness (QED) is 0.689. The van der Waals surface area contributed by atoms with E-state index >= 15 is 0 Å². The number of nitrogens with zero attached hydrogens (tertiary/aromatic N) is 1. The molecule has 1 N–H and O–H groups in total. The number of phenolic OH excluding ortho intramolecular Hbond substituents is 1. The normalized spacial score (nSPS) is 22.7. The van der Waals surface area contributed by atoms with Gasteiger partial charge in [0.1, 0.15) is 5.75 Å². The molecule has 0 saturated carbocycles. The highest BCUT2D eigenvalue weighted by atomic mass is 35.5. The minimum absolute atomic E-state index is 0.0933. The van der Waals surface area contributed by atoms with Gasteiger partial charge in [-0.05, 0) is 42.5 Å². The molecule has 0 amide bonds. The highest BCUT2D eigenvalue weighted by Crippen LogP contribution is 2.59. The molecule has 0 bridgehead atoms. The Hall–Kier alpha value is -0.910. The van der Waals surface area contributed by atoms with E-state index in [4.69, 9.17) is 27.9 Å². The van der Waals surface area contributed by atoms with E-state index in [1.54, 1.807) is 12.1 Å². The standard InChI is InChI=1S/C19H19Cl2NO2S/c20-14-10-15(21)17(23)16(11-14)25-22-12-19(6-8-24-9-7-19)18(22)13-4-2-1-3-5-13/h1-5,10-11,18,23H,6-9,12H2. The third-order valence-electron chi connectivity index (χ3n) is 5.15. The molecule has 2 saturated heterocycles. The number of rotatable bonds is 3. The van der Waals surface area contributed by atoms with Gasteiger partial charge in [0.2, 0.25) is 0 Å². The first kappa shape index (κ1) is 17.5. The Morgan fingerprint density at radius 3 is 2.56 bits per heavy atom.